The molecule has 3 aromatic carbocycles. The lowest BCUT2D eigenvalue weighted by atomic mass is 9.92. The van der Waals surface area contributed by atoms with Crippen molar-refractivity contribution < 1.29 is 26.7 Å². The first-order valence-electron chi connectivity index (χ1n) is 11.5. The van der Waals surface area contributed by atoms with Crippen LogP contribution in [0.25, 0.3) is 11.4 Å². The van der Waals surface area contributed by atoms with Crippen molar-refractivity contribution in [1.29, 1.82) is 0 Å². The summed E-state index contributed by atoms with van der Waals surface area (Å²) in [6, 6.07) is 15.6. The molecule has 0 aliphatic rings. The Morgan fingerprint density at radius 1 is 0.921 bits per heavy atom. The molecule has 0 saturated carbocycles. The number of carbonyl (C=O) groups is 1. The maximum absolute atomic E-state index is 14.3. The molecule has 1 amide bonds. The molecular formula is C27H23F5N4O2. The molecule has 0 aliphatic heterocycles. The Kier molecular flexibility index (Phi) is 7.21. The average Bonchev–Trinajstić information content (AvgIpc) is 3.15. The Morgan fingerprint density at radius 3 is 2.24 bits per heavy atom. The molecule has 0 fully saturated rings. The second-order valence-electron chi connectivity index (χ2n) is 9.20. The highest BCUT2D eigenvalue weighted by atomic mass is 19.4. The first-order chi connectivity index (χ1) is 17.8. The molecule has 0 aliphatic carbocycles. The van der Waals surface area contributed by atoms with Crippen molar-refractivity contribution in [2.75, 3.05) is 0 Å². The smallest absolute Gasteiger partial charge is 0.346 e. The predicted molar refractivity (Wildman–Crippen MR) is 130 cm³/mol. The fourth-order valence-corrected chi connectivity index (χ4v) is 3.98. The van der Waals surface area contributed by atoms with Crippen LogP contribution >= 0.6 is 0 Å². The lowest BCUT2D eigenvalue weighted by molar-refractivity contribution is -0.137. The van der Waals surface area contributed by atoms with Gasteiger partial charge in [-0.15, -0.1) is 5.10 Å². The van der Waals surface area contributed by atoms with E-state index >= 15 is 0 Å². The maximum Gasteiger partial charge on any atom is 0.416 e. The van der Waals surface area contributed by atoms with E-state index in [4.69, 9.17) is 0 Å². The second kappa shape index (κ2) is 10.2. The van der Waals surface area contributed by atoms with Crippen LogP contribution in [0.15, 0.2) is 77.6 Å². The van der Waals surface area contributed by atoms with Gasteiger partial charge in [0, 0.05) is 11.1 Å². The monoisotopic (exact) mass is 530 g/mol. The summed E-state index contributed by atoms with van der Waals surface area (Å²) in [5.74, 6) is -1.65. The third-order valence-corrected chi connectivity index (χ3v) is 5.97. The van der Waals surface area contributed by atoms with Gasteiger partial charge < -0.3 is 5.32 Å². The van der Waals surface area contributed by atoms with Crippen molar-refractivity contribution >= 4 is 5.91 Å². The van der Waals surface area contributed by atoms with Crippen LogP contribution in [0.5, 0.6) is 0 Å². The van der Waals surface area contributed by atoms with Crippen LogP contribution in [0, 0.1) is 11.6 Å². The highest BCUT2D eigenvalue weighted by Crippen LogP contribution is 2.32. The Morgan fingerprint density at radius 2 is 1.58 bits per heavy atom. The Labute approximate surface area is 214 Å². The summed E-state index contributed by atoms with van der Waals surface area (Å²) in [4.78, 5) is 26.1. The SMILES string of the molecule is CC(C)(NC(=O)Cn1nc(-c2ccc(F)cc2)n(Cc2ccccc2F)c1=O)c1cccc(C(F)(F)F)c1. The normalized spacial score (nSPS) is 12.0. The van der Waals surface area contributed by atoms with Crippen LogP contribution in [0.2, 0.25) is 0 Å². The molecule has 0 spiro atoms. The van der Waals surface area contributed by atoms with Gasteiger partial charge in [-0.2, -0.15) is 13.2 Å². The van der Waals surface area contributed by atoms with E-state index in [1.807, 2.05) is 0 Å². The van der Waals surface area contributed by atoms with Gasteiger partial charge >= 0.3 is 11.9 Å². The number of carbonyl (C=O) groups excluding carboxylic acids is 1. The zero-order valence-electron chi connectivity index (χ0n) is 20.4. The number of halogens is 5. The standard InChI is InChI=1S/C27H23F5N4O2/c1-26(2,19-7-5-8-20(14-19)27(30,31)32)33-23(37)16-36-25(38)35(15-18-6-3-4-9-22(18)29)24(34-36)17-10-12-21(28)13-11-17/h3-14H,15-16H2,1-2H3,(H,33,37). The predicted octanol–water partition coefficient (Wildman–Crippen LogP) is 5.11. The van der Waals surface area contributed by atoms with Crippen LogP contribution in [-0.4, -0.2) is 20.3 Å². The molecule has 0 atom stereocenters. The summed E-state index contributed by atoms with van der Waals surface area (Å²) in [6.45, 7) is 2.31. The fourth-order valence-electron chi connectivity index (χ4n) is 3.98. The number of alkyl halides is 3. The van der Waals surface area contributed by atoms with Gasteiger partial charge in [-0.3, -0.25) is 9.36 Å². The quantitative estimate of drug-likeness (QED) is 0.338. The number of aromatic nitrogens is 3. The van der Waals surface area contributed by atoms with E-state index in [9.17, 15) is 31.5 Å². The van der Waals surface area contributed by atoms with E-state index in [-0.39, 0.29) is 23.5 Å². The van der Waals surface area contributed by atoms with Gasteiger partial charge in [0.2, 0.25) is 5.91 Å². The van der Waals surface area contributed by atoms with Crippen molar-refractivity contribution in [3.63, 3.8) is 0 Å². The van der Waals surface area contributed by atoms with E-state index in [1.165, 1.54) is 68.4 Å². The topological polar surface area (TPSA) is 68.9 Å². The van der Waals surface area contributed by atoms with E-state index in [0.717, 1.165) is 21.4 Å². The molecule has 38 heavy (non-hydrogen) atoms. The minimum absolute atomic E-state index is 0.0863. The van der Waals surface area contributed by atoms with Crippen LogP contribution in [0.4, 0.5) is 22.0 Å². The number of rotatable bonds is 7. The third-order valence-electron chi connectivity index (χ3n) is 5.97. The maximum atomic E-state index is 14.3. The second-order valence-corrected chi connectivity index (χ2v) is 9.20. The minimum Gasteiger partial charge on any atom is -0.346 e. The number of hydrogen-bond acceptors (Lipinski definition) is 3. The van der Waals surface area contributed by atoms with Gasteiger partial charge in [0.05, 0.1) is 17.6 Å². The number of nitrogens with one attached hydrogen (secondary N) is 1. The molecule has 1 aromatic heterocycles. The van der Waals surface area contributed by atoms with Crippen LogP contribution < -0.4 is 11.0 Å². The summed E-state index contributed by atoms with van der Waals surface area (Å²) in [5.41, 5.74) is -2.01. The zero-order valence-corrected chi connectivity index (χ0v) is 20.4. The molecule has 0 saturated heterocycles. The average molecular weight is 530 g/mol. The van der Waals surface area contributed by atoms with Gasteiger partial charge in [-0.1, -0.05) is 30.3 Å². The summed E-state index contributed by atoms with van der Waals surface area (Å²) in [6.07, 6.45) is -4.55. The lowest BCUT2D eigenvalue weighted by Gasteiger charge is -2.27. The van der Waals surface area contributed by atoms with Gasteiger partial charge in [-0.25, -0.2) is 18.3 Å². The number of benzene rings is 3. The molecule has 4 aromatic rings. The van der Waals surface area contributed by atoms with Gasteiger partial charge in [0.1, 0.15) is 18.2 Å². The molecule has 1 heterocycles. The lowest BCUT2D eigenvalue weighted by Crippen LogP contribution is -2.44. The molecule has 11 heteroatoms. The number of nitrogens with zero attached hydrogens (tertiary/aromatic N) is 3. The molecular weight excluding hydrogens is 507 g/mol. The van der Waals surface area contributed by atoms with Crippen LogP contribution in [0.1, 0.15) is 30.5 Å². The first-order valence-corrected chi connectivity index (χ1v) is 11.5. The number of amides is 1. The van der Waals surface area contributed by atoms with E-state index in [1.54, 1.807) is 6.07 Å². The summed E-state index contributed by atoms with van der Waals surface area (Å²) in [7, 11) is 0. The summed E-state index contributed by atoms with van der Waals surface area (Å²) >= 11 is 0. The van der Waals surface area contributed by atoms with Crippen LogP contribution in [-0.2, 0) is 29.6 Å². The van der Waals surface area contributed by atoms with Crippen molar-refractivity contribution in [3.8, 4) is 11.4 Å². The Bertz CT molecular complexity index is 1520. The fraction of sp³-hybridized carbons (Fsp3) is 0.222. The van der Waals surface area contributed by atoms with Crippen molar-refractivity contribution in [1.82, 2.24) is 19.7 Å². The number of hydrogen-bond donors (Lipinski definition) is 1. The van der Waals surface area contributed by atoms with E-state index < -0.39 is 47.1 Å². The van der Waals surface area contributed by atoms with Gasteiger partial charge in [-0.05, 0) is 61.9 Å². The van der Waals surface area contributed by atoms with Crippen molar-refractivity contribution in [3.05, 3.63) is 112 Å². The molecule has 0 unspecified atom stereocenters. The van der Waals surface area contributed by atoms with Crippen LogP contribution in [0.3, 0.4) is 0 Å². The minimum atomic E-state index is -4.55. The molecule has 6 nitrogen and oxygen atoms in total. The van der Waals surface area contributed by atoms with Gasteiger partial charge in [0.25, 0.3) is 0 Å². The van der Waals surface area contributed by atoms with Crippen molar-refractivity contribution in [2.24, 2.45) is 0 Å². The molecule has 0 bridgehead atoms. The highest BCUT2D eigenvalue weighted by molar-refractivity contribution is 5.76. The third kappa shape index (κ3) is 5.82. The molecule has 198 valence electrons. The molecule has 4 rings (SSSR count). The van der Waals surface area contributed by atoms with E-state index in [0.29, 0.717) is 5.56 Å². The Balaban J connectivity index is 1.64. The highest BCUT2D eigenvalue weighted by Gasteiger charge is 2.32. The zero-order chi connectivity index (χ0) is 27.7. The Hall–Kier alpha value is -4.28. The largest absolute Gasteiger partial charge is 0.416 e. The molecule has 1 N–H and O–H groups in total. The summed E-state index contributed by atoms with van der Waals surface area (Å²) < 4.78 is 69.3. The van der Waals surface area contributed by atoms with Gasteiger partial charge in [0.15, 0.2) is 5.82 Å². The van der Waals surface area contributed by atoms with E-state index in [2.05, 4.69) is 10.4 Å². The van der Waals surface area contributed by atoms with Crippen molar-refractivity contribution in [2.45, 2.75) is 38.7 Å². The molecule has 0 radical (unpaired) electrons. The first kappa shape index (κ1) is 26.8. The summed E-state index contributed by atoms with van der Waals surface area (Å²) in [5, 5.41) is 6.87.